The summed E-state index contributed by atoms with van der Waals surface area (Å²) in [6.07, 6.45) is 2.70. The fourth-order valence-corrected chi connectivity index (χ4v) is 2.50. The van der Waals surface area contributed by atoms with Gasteiger partial charge in [-0.1, -0.05) is 31.2 Å². The van der Waals surface area contributed by atoms with Crippen LogP contribution in [0.1, 0.15) is 18.2 Å². The molecule has 0 saturated heterocycles. The Morgan fingerprint density at radius 3 is 2.62 bits per heavy atom. The molecule has 0 spiro atoms. The summed E-state index contributed by atoms with van der Waals surface area (Å²) < 4.78 is 0. The van der Waals surface area contributed by atoms with Gasteiger partial charge in [0.25, 0.3) is 0 Å². The van der Waals surface area contributed by atoms with Crippen LogP contribution in [0.2, 0.25) is 0 Å². The van der Waals surface area contributed by atoms with Gasteiger partial charge in [0.1, 0.15) is 0 Å². The van der Waals surface area contributed by atoms with E-state index in [1.54, 1.807) is 0 Å². The third-order valence-electron chi connectivity index (χ3n) is 3.64. The van der Waals surface area contributed by atoms with E-state index in [1.807, 2.05) is 13.2 Å². The molecule has 1 N–H and O–H groups in total. The van der Waals surface area contributed by atoms with E-state index in [4.69, 9.17) is 4.98 Å². The van der Waals surface area contributed by atoms with Gasteiger partial charge in [0.15, 0.2) is 5.65 Å². The Hall–Kier alpha value is -2.49. The van der Waals surface area contributed by atoms with E-state index >= 15 is 0 Å². The SMILES string of the molecule is CCc1nc2nc(NC)ncc2cc1-c1ccccc1C. The minimum Gasteiger partial charge on any atom is -0.357 e. The van der Waals surface area contributed by atoms with Crippen molar-refractivity contribution in [3.63, 3.8) is 0 Å². The second kappa shape index (κ2) is 5.48. The van der Waals surface area contributed by atoms with Gasteiger partial charge in [0.2, 0.25) is 5.95 Å². The van der Waals surface area contributed by atoms with Crippen molar-refractivity contribution in [3.8, 4) is 11.1 Å². The van der Waals surface area contributed by atoms with E-state index < -0.39 is 0 Å². The Morgan fingerprint density at radius 2 is 1.90 bits per heavy atom. The van der Waals surface area contributed by atoms with Gasteiger partial charge in [-0.05, 0) is 30.5 Å². The molecule has 3 aromatic rings. The van der Waals surface area contributed by atoms with Crippen LogP contribution in [0.15, 0.2) is 36.5 Å². The van der Waals surface area contributed by atoms with Crippen molar-refractivity contribution >= 4 is 17.0 Å². The standard InChI is InChI=1S/C17H18N4/c1-4-15-14(13-8-6-5-7-11(13)2)9-12-10-19-17(18-3)21-16(12)20-15/h5-10H,4H2,1-3H3,(H,18,19,20,21). The normalized spacial score (nSPS) is 10.8. The van der Waals surface area contributed by atoms with Crippen molar-refractivity contribution in [1.29, 1.82) is 0 Å². The average molecular weight is 278 g/mol. The van der Waals surface area contributed by atoms with E-state index in [0.717, 1.165) is 23.1 Å². The zero-order valence-electron chi connectivity index (χ0n) is 12.5. The highest BCUT2D eigenvalue weighted by molar-refractivity contribution is 5.83. The number of aryl methyl sites for hydroxylation is 2. The van der Waals surface area contributed by atoms with Gasteiger partial charge in [0, 0.05) is 24.2 Å². The maximum atomic E-state index is 4.73. The Bertz CT molecular complexity index is 796. The number of rotatable bonds is 3. The summed E-state index contributed by atoms with van der Waals surface area (Å²) in [5.41, 5.74) is 5.45. The van der Waals surface area contributed by atoms with E-state index in [0.29, 0.717) is 5.95 Å². The molecule has 0 amide bonds. The van der Waals surface area contributed by atoms with Crippen LogP contribution in [0.3, 0.4) is 0 Å². The molecule has 0 aliphatic heterocycles. The summed E-state index contributed by atoms with van der Waals surface area (Å²) >= 11 is 0. The van der Waals surface area contributed by atoms with Gasteiger partial charge < -0.3 is 5.32 Å². The van der Waals surface area contributed by atoms with E-state index in [2.05, 4.69) is 59.5 Å². The molecule has 0 aliphatic rings. The number of anilines is 1. The molecule has 0 saturated carbocycles. The number of pyridine rings is 1. The maximum absolute atomic E-state index is 4.73. The van der Waals surface area contributed by atoms with Gasteiger partial charge in [-0.3, -0.25) is 0 Å². The van der Waals surface area contributed by atoms with Crippen LogP contribution in [-0.2, 0) is 6.42 Å². The Labute approximate surface area is 124 Å². The molecule has 0 radical (unpaired) electrons. The first kappa shape index (κ1) is 13.5. The van der Waals surface area contributed by atoms with Crippen molar-refractivity contribution in [2.45, 2.75) is 20.3 Å². The van der Waals surface area contributed by atoms with Crippen molar-refractivity contribution in [1.82, 2.24) is 15.0 Å². The fraction of sp³-hybridized carbons (Fsp3) is 0.235. The van der Waals surface area contributed by atoms with Crippen molar-refractivity contribution in [2.24, 2.45) is 0 Å². The van der Waals surface area contributed by atoms with Gasteiger partial charge >= 0.3 is 0 Å². The zero-order valence-corrected chi connectivity index (χ0v) is 12.5. The molecular weight excluding hydrogens is 260 g/mol. The minimum absolute atomic E-state index is 0.598. The molecular formula is C17H18N4. The summed E-state index contributed by atoms with van der Waals surface area (Å²) in [6.45, 7) is 4.25. The van der Waals surface area contributed by atoms with Crippen molar-refractivity contribution in [2.75, 3.05) is 12.4 Å². The third kappa shape index (κ3) is 2.44. The molecule has 0 atom stereocenters. The molecule has 0 aliphatic carbocycles. The van der Waals surface area contributed by atoms with Crippen molar-refractivity contribution < 1.29 is 0 Å². The molecule has 0 unspecified atom stereocenters. The lowest BCUT2D eigenvalue weighted by molar-refractivity contribution is 1.04. The summed E-state index contributed by atoms with van der Waals surface area (Å²) in [5, 5.41) is 3.91. The highest BCUT2D eigenvalue weighted by Crippen LogP contribution is 2.28. The maximum Gasteiger partial charge on any atom is 0.224 e. The monoisotopic (exact) mass is 278 g/mol. The van der Waals surface area contributed by atoms with Crippen LogP contribution in [0.5, 0.6) is 0 Å². The van der Waals surface area contributed by atoms with E-state index in [1.165, 1.54) is 16.7 Å². The number of nitrogens with zero attached hydrogens (tertiary/aromatic N) is 3. The average Bonchev–Trinajstić information content (AvgIpc) is 2.53. The van der Waals surface area contributed by atoms with E-state index in [-0.39, 0.29) is 0 Å². The highest BCUT2D eigenvalue weighted by Gasteiger charge is 2.11. The Morgan fingerprint density at radius 1 is 1.10 bits per heavy atom. The zero-order chi connectivity index (χ0) is 14.8. The molecule has 3 rings (SSSR count). The Kier molecular flexibility index (Phi) is 3.52. The second-order valence-corrected chi connectivity index (χ2v) is 5.01. The first-order valence-electron chi connectivity index (χ1n) is 7.13. The summed E-state index contributed by atoms with van der Waals surface area (Å²) in [6, 6.07) is 10.5. The molecule has 0 bridgehead atoms. The molecule has 21 heavy (non-hydrogen) atoms. The number of benzene rings is 1. The van der Waals surface area contributed by atoms with Crippen LogP contribution in [-0.4, -0.2) is 22.0 Å². The predicted octanol–water partition coefficient (Wildman–Crippen LogP) is 3.60. The fourth-order valence-electron chi connectivity index (χ4n) is 2.50. The van der Waals surface area contributed by atoms with Gasteiger partial charge in [0.05, 0.1) is 5.69 Å². The molecule has 2 aromatic heterocycles. The first-order chi connectivity index (χ1) is 10.2. The van der Waals surface area contributed by atoms with Crippen molar-refractivity contribution in [3.05, 3.63) is 47.8 Å². The number of nitrogens with one attached hydrogen (secondary N) is 1. The second-order valence-electron chi connectivity index (χ2n) is 5.01. The van der Waals surface area contributed by atoms with Crippen LogP contribution < -0.4 is 5.32 Å². The number of aromatic nitrogens is 3. The lowest BCUT2D eigenvalue weighted by atomic mass is 9.97. The predicted molar refractivity (Wildman–Crippen MR) is 86.4 cm³/mol. The lowest BCUT2D eigenvalue weighted by Gasteiger charge is -2.11. The minimum atomic E-state index is 0.598. The Balaban J connectivity index is 2.25. The largest absolute Gasteiger partial charge is 0.357 e. The van der Waals surface area contributed by atoms with E-state index in [9.17, 15) is 0 Å². The smallest absolute Gasteiger partial charge is 0.224 e. The molecule has 2 heterocycles. The van der Waals surface area contributed by atoms with Crippen LogP contribution in [0.25, 0.3) is 22.2 Å². The molecule has 106 valence electrons. The number of hydrogen-bond donors (Lipinski definition) is 1. The number of hydrogen-bond acceptors (Lipinski definition) is 4. The molecule has 0 fully saturated rings. The topological polar surface area (TPSA) is 50.7 Å². The third-order valence-corrected chi connectivity index (χ3v) is 3.64. The number of fused-ring (bicyclic) bond motifs is 1. The molecule has 4 heteroatoms. The summed E-state index contributed by atoms with van der Waals surface area (Å²) in [4.78, 5) is 13.4. The first-order valence-corrected chi connectivity index (χ1v) is 7.13. The van der Waals surface area contributed by atoms with Crippen LogP contribution >= 0.6 is 0 Å². The van der Waals surface area contributed by atoms with Gasteiger partial charge in [-0.2, -0.15) is 4.98 Å². The van der Waals surface area contributed by atoms with Gasteiger partial charge in [-0.25, -0.2) is 9.97 Å². The van der Waals surface area contributed by atoms with Crippen LogP contribution in [0, 0.1) is 6.92 Å². The highest BCUT2D eigenvalue weighted by atomic mass is 15.1. The molecule has 1 aromatic carbocycles. The quantitative estimate of drug-likeness (QED) is 0.795. The summed E-state index contributed by atoms with van der Waals surface area (Å²) in [7, 11) is 1.81. The van der Waals surface area contributed by atoms with Crippen LogP contribution in [0.4, 0.5) is 5.95 Å². The summed E-state index contributed by atoms with van der Waals surface area (Å²) in [5.74, 6) is 0.598. The lowest BCUT2D eigenvalue weighted by Crippen LogP contribution is -2.00. The van der Waals surface area contributed by atoms with Gasteiger partial charge in [-0.15, -0.1) is 0 Å². The molecule has 4 nitrogen and oxygen atoms in total.